The number of hydrogen-bond acceptors (Lipinski definition) is 13. The zero-order valence-corrected chi connectivity index (χ0v) is 38.8. The van der Waals surface area contributed by atoms with Gasteiger partial charge in [-0.25, -0.2) is 0 Å². The number of ketones is 1. The van der Waals surface area contributed by atoms with Crippen LogP contribution in [0.3, 0.4) is 0 Å². The normalized spacial score (nSPS) is 43.4. The molecular weight excluding hydrogens is 793 g/mol. The van der Waals surface area contributed by atoms with Crippen molar-refractivity contribution in [2.24, 2.45) is 35.5 Å². The Balaban J connectivity index is 1.11. The Morgan fingerprint density at radius 1 is 0.806 bits per heavy atom. The average molecular weight is 867 g/mol. The van der Waals surface area contributed by atoms with Gasteiger partial charge in [-0.1, -0.05) is 19.9 Å². The Labute approximate surface area is 369 Å². The van der Waals surface area contributed by atoms with Crippen LogP contribution in [0.25, 0.3) is 0 Å². The second-order valence-electron chi connectivity index (χ2n) is 19.4. The van der Waals surface area contributed by atoms with Gasteiger partial charge < -0.3 is 52.4 Å². The molecule has 1 aromatic rings. The smallest absolute Gasteiger partial charge is 0.306 e. The minimum Gasteiger partial charge on any atom is -0.494 e. The number of anilines is 1. The van der Waals surface area contributed by atoms with Crippen molar-refractivity contribution in [3.05, 3.63) is 35.9 Å². The molecule has 0 amide bonds. The highest BCUT2D eigenvalue weighted by molar-refractivity contribution is 5.99. The third-order valence-corrected chi connectivity index (χ3v) is 15.9. The number of carbonyl (C=O) groups is 2. The van der Waals surface area contributed by atoms with E-state index in [1.807, 2.05) is 32.9 Å². The average Bonchev–Trinajstić information content (AvgIpc) is 3.65. The molecule has 3 unspecified atom stereocenters. The summed E-state index contributed by atoms with van der Waals surface area (Å²) >= 11 is 0. The molecular formula is C49H74N2O11. The first-order valence-corrected chi connectivity index (χ1v) is 23.7. The van der Waals surface area contributed by atoms with E-state index >= 15 is 4.79 Å². The molecule has 4 saturated heterocycles. The maximum absolute atomic E-state index is 15.2. The number of allylic oxidation sites excluding steroid dienone is 2. The molecule has 0 bridgehead atoms. The minimum absolute atomic E-state index is 0.0176. The number of hydrogen-bond donors (Lipinski definition) is 0. The second kappa shape index (κ2) is 19.5. The van der Waals surface area contributed by atoms with Crippen LogP contribution in [0.4, 0.5) is 5.69 Å². The van der Waals surface area contributed by atoms with Crippen molar-refractivity contribution < 1.29 is 52.2 Å². The van der Waals surface area contributed by atoms with Crippen molar-refractivity contribution in [2.45, 2.75) is 172 Å². The zero-order chi connectivity index (χ0) is 44.0. The number of carbonyl (C=O) groups excluding carboxylic acids is 2. The Hall–Kier alpha value is -2.62. The lowest BCUT2D eigenvalue weighted by molar-refractivity contribution is -0.314. The molecule has 0 aromatic heterocycles. The maximum Gasteiger partial charge on any atom is 0.306 e. The van der Waals surface area contributed by atoms with E-state index in [1.165, 1.54) is 0 Å². The molecule has 13 heteroatoms. The van der Waals surface area contributed by atoms with E-state index in [0.717, 1.165) is 62.0 Å². The molecule has 4 aliphatic heterocycles. The predicted octanol–water partition coefficient (Wildman–Crippen LogP) is 6.59. The molecule has 0 spiro atoms. The summed E-state index contributed by atoms with van der Waals surface area (Å²) < 4.78 is 56.5. The largest absolute Gasteiger partial charge is 0.494 e. The quantitative estimate of drug-likeness (QED) is 0.166. The lowest BCUT2D eigenvalue weighted by atomic mass is 9.66. The van der Waals surface area contributed by atoms with Gasteiger partial charge in [-0.2, -0.15) is 0 Å². The van der Waals surface area contributed by atoms with Gasteiger partial charge in [0.25, 0.3) is 0 Å². The summed E-state index contributed by atoms with van der Waals surface area (Å²) in [5.74, 6) is 0.706. The Morgan fingerprint density at radius 2 is 1.53 bits per heavy atom. The number of benzene rings is 1. The van der Waals surface area contributed by atoms with E-state index in [0.29, 0.717) is 25.0 Å². The van der Waals surface area contributed by atoms with Gasteiger partial charge in [0.15, 0.2) is 18.4 Å². The van der Waals surface area contributed by atoms with Crippen molar-refractivity contribution in [1.82, 2.24) is 4.90 Å². The van der Waals surface area contributed by atoms with Crippen molar-refractivity contribution in [2.75, 3.05) is 46.9 Å². The molecule has 8 rings (SSSR count). The Morgan fingerprint density at radius 3 is 2.19 bits per heavy atom. The first kappa shape index (κ1) is 45.9. The van der Waals surface area contributed by atoms with Crippen LogP contribution in [0.1, 0.15) is 92.4 Å². The summed E-state index contributed by atoms with van der Waals surface area (Å²) in [6.45, 7) is 10.8. The van der Waals surface area contributed by atoms with Crippen LogP contribution in [0.15, 0.2) is 35.9 Å². The SMILES string of the molecule is CCOc1ccc(N2[C@@H]3[C@@H]4[C@@H](C=C5C(=O)[C@H](C)[C@@H](O[C@H]6CC[C@H](N(C)C)C(C)O6)CCC[C@H](CC)OC(=O)C[C@H]54)[C@@H]4C[C@H](O[C@@H]5OC(C)[C@H](OC)C(OC)[C@@H]5OC)C[C@H]4[C@@H]32)cc1. The lowest BCUT2D eigenvalue weighted by Gasteiger charge is -2.44. The van der Waals surface area contributed by atoms with Crippen LogP contribution in [-0.4, -0.2) is 138 Å². The van der Waals surface area contributed by atoms with Gasteiger partial charge in [0, 0.05) is 44.9 Å². The first-order valence-electron chi connectivity index (χ1n) is 23.7. The fraction of sp³-hybridized carbons (Fsp3) is 0.796. The Kier molecular flexibility index (Phi) is 14.4. The number of fused-ring (bicyclic) bond motifs is 8. The number of cyclic esters (lactones) is 1. The molecule has 2 saturated carbocycles. The lowest BCUT2D eigenvalue weighted by Crippen LogP contribution is -2.59. The minimum atomic E-state index is -0.632. The zero-order valence-electron chi connectivity index (χ0n) is 38.8. The molecule has 7 aliphatic rings. The van der Waals surface area contributed by atoms with Crippen LogP contribution >= 0.6 is 0 Å². The van der Waals surface area contributed by atoms with E-state index < -0.39 is 18.3 Å². The summed E-state index contributed by atoms with van der Waals surface area (Å²) in [7, 11) is 9.20. The van der Waals surface area contributed by atoms with Crippen LogP contribution in [-0.2, 0) is 47.5 Å². The maximum atomic E-state index is 15.2. The van der Waals surface area contributed by atoms with E-state index in [9.17, 15) is 4.79 Å². The number of nitrogens with zero attached hydrogens (tertiary/aromatic N) is 2. The number of methoxy groups -OCH3 is 3. The standard InChI is InChI=1S/C49H74N2O11/c1-11-30-14-13-15-39(62-41-21-20-38(50(6)7)27(4)58-41)26(3)45(53)37-24-34-33-22-32(61-49-48(56-10)47(55-9)46(54-8)28(5)59-49)23-36(33)43-44(42(34)35(37)25-40(52)60-30)51(43)29-16-18-31(19-17-29)57-12-2/h16-19,24,26-28,30,32-36,38-39,41-44,46-49H,11-15,20-23,25H2,1-10H3/t26-,27?,28?,30+,32+,33+,34+,35-,36-,38+,39+,41+,42-,43+,44-,46+,47?,48+,49+,51?/m1/s1. The molecule has 62 heavy (non-hydrogen) atoms. The first-order chi connectivity index (χ1) is 29.9. The van der Waals surface area contributed by atoms with Crippen molar-refractivity contribution in [1.29, 1.82) is 0 Å². The van der Waals surface area contributed by atoms with Crippen LogP contribution in [0.2, 0.25) is 0 Å². The van der Waals surface area contributed by atoms with E-state index in [1.54, 1.807) is 21.3 Å². The number of ether oxygens (including phenoxy) is 9. The number of esters is 1. The monoisotopic (exact) mass is 867 g/mol. The van der Waals surface area contributed by atoms with Gasteiger partial charge in [-0.3, -0.25) is 9.59 Å². The second-order valence-corrected chi connectivity index (χ2v) is 19.4. The Bertz CT molecular complexity index is 1730. The van der Waals surface area contributed by atoms with Crippen LogP contribution in [0.5, 0.6) is 5.75 Å². The predicted molar refractivity (Wildman–Crippen MR) is 233 cm³/mol. The summed E-state index contributed by atoms with van der Waals surface area (Å²) in [6, 6.07) is 9.10. The van der Waals surface area contributed by atoms with Crippen molar-refractivity contribution >= 4 is 17.4 Å². The van der Waals surface area contributed by atoms with E-state index in [4.69, 9.17) is 42.6 Å². The highest BCUT2D eigenvalue weighted by Gasteiger charge is 2.69. The molecule has 13 nitrogen and oxygen atoms in total. The molecule has 0 radical (unpaired) electrons. The molecule has 3 aliphatic carbocycles. The van der Waals surface area contributed by atoms with Gasteiger partial charge in [0.2, 0.25) is 0 Å². The summed E-state index contributed by atoms with van der Waals surface area (Å²) in [6.07, 6.45) is 5.86. The third-order valence-electron chi connectivity index (χ3n) is 15.9. The highest BCUT2D eigenvalue weighted by Crippen LogP contribution is 2.65. The number of Topliss-reactive ketones (excluding diaryl/α,β-unsaturated/α-hetero) is 1. The van der Waals surface area contributed by atoms with Crippen LogP contribution < -0.4 is 9.64 Å². The van der Waals surface area contributed by atoms with Gasteiger partial charge in [-0.05, 0) is 140 Å². The molecule has 4 heterocycles. The third kappa shape index (κ3) is 8.87. The van der Waals surface area contributed by atoms with Crippen LogP contribution in [0, 0.1) is 35.5 Å². The summed E-state index contributed by atoms with van der Waals surface area (Å²) in [4.78, 5) is 34.1. The molecule has 0 N–H and O–H groups in total. The molecule has 346 valence electrons. The topological polar surface area (TPSA) is 123 Å². The number of rotatable bonds is 12. The van der Waals surface area contributed by atoms with Gasteiger partial charge in [0.1, 0.15) is 30.2 Å². The fourth-order valence-corrected chi connectivity index (χ4v) is 12.9. The van der Waals surface area contributed by atoms with Gasteiger partial charge in [-0.15, -0.1) is 0 Å². The van der Waals surface area contributed by atoms with Crippen molar-refractivity contribution in [3.8, 4) is 5.75 Å². The fourth-order valence-electron chi connectivity index (χ4n) is 12.9. The van der Waals surface area contributed by atoms with Gasteiger partial charge in [0.05, 0.1) is 49.5 Å². The van der Waals surface area contributed by atoms with E-state index in [2.05, 4.69) is 56.0 Å². The van der Waals surface area contributed by atoms with Gasteiger partial charge >= 0.3 is 5.97 Å². The molecule has 19 atom stereocenters. The summed E-state index contributed by atoms with van der Waals surface area (Å²) in [5, 5.41) is 0. The molecule has 6 fully saturated rings. The van der Waals surface area contributed by atoms with Crippen molar-refractivity contribution in [3.63, 3.8) is 0 Å². The number of likely N-dealkylation sites (N-methyl/N-ethyl adjacent to an activating group) is 1. The molecule has 1 aromatic carbocycles. The summed E-state index contributed by atoms with van der Waals surface area (Å²) in [5.41, 5.74) is 1.91. The highest BCUT2D eigenvalue weighted by atomic mass is 16.7. The van der Waals surface area contributed by atoms with E-state index in [-0.39, 0.29) is 103 Å².